The van der Waals surface area contributed by atoms with Gasteiger partial charge in [-0.15, -0.1) is 0 Å². The third-order valence-corrected chi connectivity index (χ3v) is 2.95. The largest absolute Gasteiger partial charge is 0.338 e. The Morgan fingerprint density at radius 1 is 1.21 bits per heavy atom. The van der Waals surface area contributed by atoms with Gasteiger partial charge in [-0.3, -0.25) is 0 Å². The fraction of sp³-hybridized carbons (Fsp3) is 0.562. The van der Waals surface area contributed by atoms with E-state index in [-0.39, 0.29) is 11.6 Å². The summed E-state index contributed by atoms with van der Waals surface area (Å²) in [6.07, 6.45) is 1.83. The summed E-state index contributed by atoms with van der Waals surface area (Å²) in [5.74, 6) is 0.609. The van der Waals surface area contributed by atoms with E-state index in [4.69, 9.17) is 0 Å². The molecule has 0 atom stereocenters. The molecule has 0 heterocycles. The van der Waals surface area contributed by atoms with E-state index in [1.54, 1.807) is 0 Å². The summed E-state index contributed by atoms with van der Waals surface area (Å²) in [6, 6.07) is 10.1. The molecular weight excluding hydrogens is 236 g/mol. The number of nitrogens with one attached hydrogen (secondary N) is 2. The van der Waals surface area contributed by atoms with Crippen molar-refractivity contribution in [2.45, 2.75) is 46.1 Å². The summed E-state index contributed by atoms with van der Waals surface area (Å²) in [5, 5.41) is 5.93. The Balaban J connectivity index is 2.39. The van der Waals surface area contributed by atoms with Crippen LogP contribution in [0.4, 0.5) is 4.79 Å². The predicted octanol–water partition coefficient (Wildman–Crippen LogP) is 3.35. The molecule has 0 radical (unpaired) electrons. The second-order valence-electron chi connectivity index (χ2n) is 6.11. The van der Waals surface area contributed by atoms with Crippen LogP contribution in [-0.2, 0) is 6.42 Å². The third-order valence-electron chi connectivity index (χ3n) is 2.95. The summed E-state index contributed by atoms with van der Waals surface area (Å²) in [7, 11) is 0. The number of carbonyl (C=O) groups is 1. The Bertz CT molecular complexity index is 385. The molecule has 0 aliphatic heterocycles. The van der Waals surface area contributed by atoms with Gasteiger partial charge in [-0.05, 0) is 38.2 Å². The number of carbonyl (C=O) groups excluding carboxylic acids is 1. The predicted molar refractivity (Wildman–Crippen MR) is 80.2 cm³/mol. The normalized spacial score (nSPS) is 11.4. The quantitative estimate of drug-likeness (QED) is 0.811. The lowest BCUT2D eigenvalue weighted by Crippen LogP contribution is -2.49. The molecule has 0 aromatic heterocycles. The summed E-state index contributed by atoms with van der Waals surface area (Å²) in [6.45, 7) is 9.12. The molecule has 106 valence electrons. The minimum Gasteiger partial charge on any atom is -0.338 e. The lowest BCUT2D eigenvalue weighted by atomic mass is 9.95. The molecular formula is C16H26N2O. The first-order chi connectivity index (χ1) is 8.89. The minimum absolute atomic E-state index is 0.0819. The van der Waals surface area contributed by atoms with E-state index in [1.807, 2.05) is 32.0 Å². The summed E-state index contributed by atoms with van der Waals surface area (Å²) < 4.78 is 0. The molecule has 19 heavy (non-hydrogen) atoms. The molecule has 2 amide bonds. The van der Waals surface area contributed by atoms with Gasteiger partial charge in [0.2, 0.25) is 0 Å². The van der Waals surface area contributed by atoms with E-state index in [0.29, 0.717) is 5.92 Å². The lowest BCUT2D eigenvalue weighted by Gasteiger charge is -2.26. The Labute approximate surface area is 116 Å². The average Bonchev–Trinajstić information content (AvgIpc) is 2.28. The first kappa shape index (κ1) is 15.5. The second kappa shape index (κ2) is 7.17. The number of urea groups is 1. The summed E-state index contributed by atoms with van der Waals surface area (Å²) >= 11 is 0. The van der Waals surface area contributed by atoms with Crippen LogP contribution in [0, 0.1) is 5.92 Å². The van der Waals surface area contributed by atoms with Crippen molar-refractivity contribution in [3.8, 4) is 0 Å². The molecule has 3 heteroatoms. The molecule has 0 aliphatic carbocycles. The van der Waals surface area contributed by atoms with Gasteiger partial charge in [0.1, 0.15) is 0 Å². The van der Waals surface area contributed by atoms with Gasteiger partial charge in [-0.2, -0.15) is 0 Å². The van der Waals surface area contributed by atoms with E-state index in [9.17, 15) is 4.79 Å². The molecule has 1 aromatic rings. The van der Waals surface area contributed by atoms with Crippen molar-refractivity contribution >= 4 is 6.03 Å². The molecule has 1 aromatic carbocycles. The number of hydrogen-bond acceptors (Lipinski definition) is 1. The molecule has 0 saturated heterocycles. The van der Waals surface area contributed by atoms with Crippen LogP contribution >= 0.6 is 0 Å². The van der Waals surface area contributed by atoms with Gasteiger partial charge in [0.05, 0.1) is 0 Å². The lowest BCUT2D eigenvalue weighted by molar-refractivity contribution is 0.229. The molecule has 2 N–H and O–H groups in total. The van der Waals surface area contributed by atoms with E-state index >= 15 is 0 Å². The highest BCUT2D eigenvalue weighted by atomic mass is 16.2. The number of rotatable bonds is 6. The van der Waals surface area contributed by atoms with Crippen molar-refractivity contribution in [3.63, 3.8) is 0 Å². The standard InChI is InChI=1S/C16H26N2O/c1-13(2)10-11-17-15(19)18-16(3,4)12-14-8-6-5-7-9-14/h5-9,13H,10-12H2,1-4H3,(H2,17,18,19). The van der Waals surface area contributed by atoms with Crippen LogP contribution in [0.15, 0.2) is 30.3 Å². The van der Waals surface area contributed by atoms with Gasteiger partial charge in [0.25, 0.3) is 0 Å². The monoisotopic (exact) mass is 262 g/mol. The molecule has 0 bridgehead atoms. The van der Waals surface area contributed by atoms with E-state index in [1.165, 1.54) is 5.56 Å². The maximum absolute atomic E-state index is 11.8. The zero-order chi connectivity index (χ0) is 14.3. The highest BCUT2D eigenvalue weighted by Gasteiger charge is 2.20. The van der Waals surface area contributed by atoms with Crippen LogP contribution < -0.4 is 10.6 Å². The van der Waals surface area contributed by atoms with Crippen LogP contribution in [0.25, 0.3) is 0 Å². The zero-order valence-electron chi connectivity index (χ0n) is 12.5. The Morgan fingerprint density at radius 3 is 2.42 bits per heavy atom. The van der Waals surface area contributed by atoms with Crippen molar-refractivity contribution < 1.29 is 4.79 Å². The van der Waals surface area contributed by atoms with Crippen molar-refractivity contribution in [1.82, 2.24) is 10.6 Å². The molecule has 0 spiro atoms. The molecule has 0 saturated carbocycles. The van der Waals surface area contributed by atoms with Crippen molar-refractivity contribution in [1.29, 1.82) is 0 Å². The molecule has 0 aliphatic rings. The van der Waals surface area contributed by atoms with E-state index < -0.39 is 0 Å². The highest BCUT2D eigenvalue weighted by molar-refractivity contribution is 5.74. The maximum atomic E-state index is 11.8. The van der Waals surface area contributed by atoms with Crippen molar-refractivity contribution in [2.24, 2.45) is 5.92 Å². The zero-order valence-corrected chi connectivity index (χ0v) is 12.5. The Kier molecular flexibility index (Phi) is 5.87. The van der Waals surface area contributed by atoms with Gasteiger partial charge in [-0.1, -0.05) is 44.2 Å². The molecule has 0 unspecified atom stereocenters. The first-order valence-corrected chi connectivity index (χ1v) is 6.99. The highest BCUT2D eigenvalue weighted by Crippen LogP contribution is 2.12. The van der Waals surface area contributed by atoms with Crippen LogP contribution in [0.2, 0.25) is 0 Å². The fourth-order valence-corrected chi connectivity index (χ4v) is 1.98. The van der Waals surface area contributed by atoms with E-state index in [2.05, 4.69) is 36.6 Å². The van der Waals surface area contributed by atoms with Gasteiger partial charge in [-0.25, -0.2) is 4.79 Å². The molecule has 0 fully saturated rings. The van der Waals surface area contributed by atoms with Gasteiger partial charge >= 0.3 is 6.03 Å². The van der Waals surface area contributed by atoms with Crippen LogP contribution in [0.5, 0.6) is 0 Å². The van der Waals surface area contributed by atoms with E-state index in [0.717, 1.165) is 19.4 Å². The average molecular weight is 262 g/mol. The van der Waals surface area contributed by atoms with Crippen molar-refractivity contribution in [2.75, 3.05) is 6.54 Å². The van der Waals surface area contributed by atoms with Gasteiger partial charge in [0, 0.05) is 12.1 Å². The Hall–Kier alpha value is -1.51. The van der Waals surface area contributed by atoms with Crippen LogP contribution in [-0.4, -0.2) is 18.1 Å². The topological polar surface area (TPSA) is 41.1 Å². The maximum Gasteiger partial charge on any atom is 0.315 e. The van der Waals surface area contributed by atoms with Crippen molar-refractivity contribution in [3.05, 3.63) is 35.9 Å². The number of benzene rings is 1. The molecule has 3 nitrogen and oxygen atoms in total. The molecule has 1 rings (SSSR count). The second-order valence-corrected chi connectivity index (χ2v) is 6.11. The minimum atomic E-state index is -0.247. The number of hydrogen-bond donors (Lipinski definition) is 2. The SMILES string of the molecule is CC(C)CCNC(=O)NC(C)(C)Cc1ccccc1. The number of amides is 2. The smallest absolute Gasteiger partial charge is 0.315 e. The summed E-state index contributed by atoms with van der Waals surface area (Å²) in [4.78, 5) is 11.8. The first-order valence-electron chi connectivity index (χ1n) is 6.99. The van der Waals surface area contributed by atoms with Gasteiger partial charge < -0.3 is 10.6 Å². The third kappa shape index (κ3) is 6.85. The van der Waals surface area contributed by atoms with Crippen LogP contribution in [0.3, 0.4) is 0 Å². The summed E-state index contributed by atoms with van der Waals surface area (Å²) in [5.41, 5.74) is 0.985. The fourth-order valence-electron chi connectivity index (χ4n) is 1.98. The van der Waals surface area contributed by atoms with Gasteiger partial charge in [0.15, 0.2) is 0 Å². The van der Waals surface area contributed by atoms with Crippen LogP contribution in [0.1, 0.15) is 39.7 Å². The Morgan fingerprint density at radius 2 is 1.84 bits per heavy atom.